The van der Waals surface area contributed by atoms with Crippen molar-refractivity contribution >= 4 is 70.7 Å². The second-order valence-electron chi connectivity index (χ2n) is 11.4. The molecule has 0 radical (unpaired) electrons. The van der Waals surface area contributed by atoms with Crippen molar-refractivity contribution in [2.24, 2.45) is 0 Å². The number of fused-ring (bicyclic) bond motifs is 7. The molecule has 3 heteroatoms. The predicted octanol–water partition coefficient (Wildman–Crippen LogP) is 10.4. The first kappa shape index (κ1) is 22.8. The van der Waals surface area contributed by atoms with E-state index in [1.54, 1.807) is 0 Å². The maximum absolute atomic E-state index is 5.34. The lowest BCUT2D eigenvalue weighted by Gasteiger charge is -2.17. The molecule has 43 heavy (non-hydrogen) atoms. The highest BCUT2D eigenvalue weighted by Crippen LogP contribution is 2.44. The van der Waals surface area contributed by atoms with Crippen LogP contribution in [-0.4, -0.2) is 14.4 Å². The average Bonchev–Trinajstić information content (AvgIpc) is 3.41. The van der Waals surface area contributed by atoms with E-state index < -0.39 is 0 Å². The first-order valence-corrected chi connectivity index (χ1v) is 14.7. The Morgan fingerprint density at radius 1 is 0.372 bits per heavy atom. The molecule has 0 aliphatic heterocycles. The Morgan fingerprint density at radius 2 is 0.930 bits per heavy atom. The summed E-state index contributed by atoms with van der Waals surface area (Å²) < 4.78 is 2.46. The van der Waals surface area contributed by atoms with Crippen LogP contribution in [0.4, 0.5) is 0 Å². The highest BCUT2D eigenvalue weighted by atomic mass is 14.9. The lowest BCUT2D eigenvalue weighted by molar-refractivity contribution is 1.30. The lowest BCUT2D eigenvalue weighted by Crippen LogP contribution is -1.98. The molecule has 0 atom stereocenters. The van der Waals surface area contributed by atoms with Crippen LogP contribution in [-0.2, 0) is 0 Å². The first-order valence-electron chi connectivity index (χ1n) is 14.7. The normalized spacial score (nSPS) is 12.2. The summed E-state index contributed by atoms with van der Waals surface area (Å²) in [6.07, 6.45) is 0. The van der Waals surface area contributed by atoms with Gasteiger partial charge in [0.05, 0.1) is 39.0 Å². The van der Waals surface area contributed by atoms with Crippen LogP contribution >= 0.6 is 0 Å². The van der Waals surface area contributed by atoms with E-state index in [1.165, 1.54) is 59.6 Å². The molecule has 10 aromatic rings. The van der Waals surface area contributed by atoms with Gasteiger partial charge in [0.1, 0.15) is 0 Å². The van der Waals surface area contributed by atoms with Gasteiger partial charge in [-0.1, -0.05) is 109 Å². The highest BCUT2D eigenvalue weighted by molar-refractivity contribution is 6.28. The zero-order chi connectivity index (χ0) is 28.1. The molecule has 3 nitrogen and oxygen atoms in total. The van der Waals surface area contributed by atoms with Crippen molar-refractivity contribution in [2.45, 2.75) is 0 Å². The molecule has 0 amide bonds. The molecular formula is C40H23N3. The average molecular weight is 546 g/mol. The van der Waals surface area contributed by atoms with E-state index >= 15 is 0 Å². The first-order chi connectivity index (χ1) is 21.3. The molecule has 7 aromatic carbocycles. The topological polar surface area (TPSA) is 30.2 Å². The van der Waals surface area contributed by atoms with Gasteiger partial charge in [-0.15, -0.1) is 0 Å². The van der Waals surface area contributed by atoms with Gasteiger partial charge in [-0.3, -0.25) is 0 Å². The van der Waals surface area contributed by atoms with Gasteiger partial charge in [0.25, 0.3) is 0 Å². The van der Waals surface area contributed by atoms with Crippen molar-refractivity contribution in [1.29, 1.82) is 0 Å². The van der Waals surface area contributed by atoms with Crippen LogP contribution in [0, 0.1) is 0 Å². The van der Waals surface area contributed by atoms with E-state index in [4.69, 9.17) is 9.97 Å². The smallest absolute Gasteiger partial charge is 0.0979 e. The fourth-order valence-corrected chi connectivity index (χ4v) is 7.30. The number of para-hydroxylation sites is 4. The van der Waals surface area contributed by atoms with Crippen LogP contribution in [0.5, 0.6) is 0 Å². The van der Waals surface area contributed by atoms with Crippen molar-refractivity contribution < 1.29 is 0 Å². The summed E-state index contributed by atoms with van der Waals surface area (Å²) in [6, 6.07) is 49.9. The molecule has 0 saturated carbocycles. The molecule has 0 bridgehead atoms. The van der Waals surface area contributed by atoms with E-state index in [0.29, 0.717) is 0 Å². The number of rotatable bonds is 2. The molecule has 0 N–H and O–H groups in total. The van der Waals surface area contributed by atoms with E-state index in [-0.39, 0.29) is 0 Å². The summed E-state index contributed by atoms with van der Waals surface area (Å²) in [7, 11) is 0. The van der Waals surface area contributed by atoms with Gasteiger partial charge >= 0.3 is 0 Å². The summed E-state index contributed by atoms with van der Waals surface area (Å²) in [5.41, 5.74) is 9.50. The number of nitrogens with zero attached hydrogens (tertiary/aromatic N) is 3. The summed E-state index contributed by atoms with van der Waals surface area (Å²) >= 11 is 0. The van der Waals surface area contributed by atoms with Crippen LogP contribution in [0.2, 0.25) is 0 Å². The molecule has 198 valence electrons. The van der Waals surface area contributed by atoms with E-state index in [9.17, 15) is 0 Å². The Balaban J connectivity index is 1.38. The number of benzene rings is 7. The lowest BCUT2D eigenvalue weighted by atomic mass is 9.92. The minimum Gasteiger partial charge on any atom is -0.308 e. The van der Waals surface area contributed by atoms with Crippen LogP contribution < -0.4 is 0 Å². The summed E-state index contributed by atoms with van der Waals surface area (Å²) in [5, 5.41) is 9.90. The van der Waals surface area contributed by atoms with Crippen molar-refractivity contribution in [3.63, 3.8) is 0 Å². The second-order valence-corrected chi connectivity index (χ2v) is 11.4. The fraction of sp³-hybridized carbons (Fsp3) is 0. The Hall–Kier alpha value is -5.80. The molecule has 0 aliphatic rings. The molecule has 3 aromatic heterocycles. The largest absolute Gasteiger partial charge is 0.308 e. The summed E-state index contributed by atoms with van der Waals surface area (Å²) in [4.78, 5) is 10.6. The minimum absolute atomic E-state index is 0.894. The maximum atomic E-state index is 5.34. The zero-order valence-electron chi connectivity index (χ0n) is 23.1. The molecule has 10 rings (SSSR count). The minimum atomic E-state index is 0.894. The number of hydrogen-bond donors (Lipinski definition) is 0. The van der Waals surface area contributed by atoms with E-state index in [2.05, 4.69) is 132 Å². The van der Waals surface area contributed by atoms with Gasteiger partial charge < -0.3 is 4.40 Å². The predicted molar refractivity (Wildman–Crippen MR) is 180 cm³/mol. The Morgan fingerprint density at radius 3 is 1.74 bits per heavy atom. The third kappa shape index (κ3) is 3.03. The monoisotopic (exact) mass is 545 g/mol. The van der Waals surface area contributed by atoms with Crippen molar-refractivity contribution in [1.82, 2.24) is 14.4 Å². The summed E-state index contributed by atoms with van der Waals surface area (Å²) in [6.45, 7) is 0. The third-order valence-corrected chi connectivity index (χ3v) is 9.11. The molecule has 0 saturated heterocycles. The molecular weight excluding hydrogens is 522 g/mol. The van der Waals surface area contributed by atoms with E-state index in [1.807, 2.05) is 12.1 Å². The van der Waals surface area contributed by atoms with Gasteiger partial charge in [0.15, 0.2) is 0 Å². The van der Waals surface area contributed by atoms with Crippen molar-refractivity contribution in [2.75, 3.05) is 0 Å². The second kappa shape index (κ2) is 8.37. The fourth-order valence-electron chi connectivity index (χ4n) is 7.30. The molecule has 0 fully saturated rings. The van der Waals surface area contributed by atoms with Gasteiger partial charge in [0.2, 0.25) is 0 Å². The quantitative estimate of drug-likeness (QED) is 0.160. The highest BCUT2D eigenvalue weighted by Gasteiger charge is 2.21. The van der Waals surface area contributed by atoms with Crippen LogP contribution in [0.25, 0.3) is 93.2 Å². The SMILES string of the molecule is c1ccc2c(-c3nc4ccccc4nc3-c3ccc4c5c3cccc5c3cccc5c6ccccc6n4c35)cccc2c1. The number of pyridine rings is 1. The standard InChI is InChI=1S/C40H23N3/c1-2-12-25-24(10-1)11-7-16-29(25)38-39(42-34-20-5-4-19-33(34)41-38)30-22-23-36-37-27(30)14-8-15-28(37)32-18-9-17-31-26-13-3-6-21-35(26)43(36)40(31)32/h1-23H. The molecule has 3 heterocycles. The van der Waals surface area contributed by atoms with Gasteiger partial charge in [-0.25, -0.2) is 9.97 Å². The third-order valence-electron chi connectivity index (χ3n) is 9.11. The van der Waals surface area contributed by atoms with Gasteiger partial charge in [0, 0.05) is 32.7 Å². The Bertz CT molecular complexity index is 2730. The summed E-state index contributed by atoms with van der Waals surface area (Å²) in [5.74, 6) is 0. The van der Waals surface area contributed by atoms with Crippen LogP contribution in [0.1, 0.15) is 0 Å². The van der Waals surface area contributed by atoms with Gasteiger partial charge in [-0.2, -0.15) is 0 Å². The Kier molecular flexibility index (Phi) is 4.45. The van der Waals surface area contributed by atoms with Crippen molar-refractivity contribution in [3.8, 4) is 22.5 Å². The van der Waals surface area contributed by atoms with Crippen LogP contribution in [0.3, 0.4) is 0 Å². The van der Waals surface area contributed by atoms with E-state index in [0.717, 1.165) is 33.5 Å². The van der Waals surface area contributed by atoms with Crippen LogP contribution in [0.15, 0.2) is 140 Å². The molecule has 0 spiro atoms. The maximum Gasteiger partial charge on any atom is 0.0979 e. The zero-order valence-corrected chi connectivity index (χ0v) is 23.1. The van der Waals surface area contributed by atoms with Crippen molar-refractivity contribution in [3.05, 3.63) is 140 Å². The van der Waals surface area contributed by atoms with Gasteiger partial charge in [-0.05, 0) is 51.9 Å². The molecule has 0 unspecified atom stereocenters. The number of aromatic nitrogens is 3. The Labute approximate surface area is 246 Å². The molecule has 0 aliphatic carbocycles. The number of hydrogen-bond acceptors (Lipinski definition) is 2.